The first-order valence-electron chi connectivity index (χ1n) is 2.91. The van der Waals surface area contributed by atoms with Gasteiger partial charge in [0.15, 0.2) is 0 Å². The molecule has 8 heavy (non-hydrogen) atoms. The van der Waals surface area contributed by atoms with Crippen molar-refractivity contribution in [3.63, 3.8) is 0 Å². The second-order valence-electron chi connectivity index (χ2n) is 2.26. The van der Waals surface area contributed by atoms with Crippen molar-refractivity contribution >= 4 is 0 Å². The Bertz CT molecular complexity index is 74.9. The monoisotopic (exact) mass is 113 g/mol. The molecule has 0 bridgehead atoms. The van der Waals surface area contributed by atoms with Crippen molar-refractivity contribution < 1.29 is 5.11 Å². The summed E-state index contributed by atoms with van der Waals surface area (Å²) in [5.41, 5.74) is 0. The maximum absolute atomic E-state index is 8.62. The molecule has 1 aliphatic heterocycles. The van der Waals surface area contributed by atoms with Gasteiger partial charge in [0.2, 0.25) is 0 Å². The second kappa shape index (κ2) is 2.46. The fourth-order valence-corrected chi connectivity index (χ4v) is 0.953. The number of aliphatic hydroxyl groups excluding tert-OH is 1. The van der Waals surface area contributed by atoms with Gasteiger partial charge >= 0.3 is 0 Å². The lowest BCUT2D eigenvalue weighted by atomic mass is 10.00. The quantitative estimate of drug-likeness (QED) is 0.481. The number of nitrogens with one attached hydrogen (secondary N) is 1. The number of rotatable bonds is 1. The summed E-state index contributed by atoms with van der Waals surface area (Å²) in [6.45, 7) is 7.51. The van der Waals surface area contributed by atoms with Crippen LogP contribution in [-0.2, 0) is 0 Å². The van der Waals surface area contributed by atoms with Crippen molar-refractivity contribution in [2.75, 3.05) is 19.7 Å². The van der Waals surface area contributed by atoms with Crippen LogP contribution in [0.25, 0.3) is 0 Å². The minimum atomic E-state index is 0.167. The second-order valence-corrected chi connectivity index (χ2v) is 2.26. The predicted molar refractivity (Wildman–Crippen MR) is 31.2 cm³/mol. The van der Waals surface area contributed by atoms with E-state index in [2.05, 4.69) is 5.32 Å². The molecule has 46 valence electrons. The SMILES string of the molecule is [CH]C1CNCC1CO. The predicted octanol–water partition coefficient (Wildman–Crippen LogP) is -0.475. The highest BCUT2D eigenvalue weighted by Gasteiger charge is 2.21. The summed E-state index contributed by atoms with van der Waals surface area (Å²) < 4.78 is 0. The van der Waals surface area contributed by atoms with Crippen LogP contribution in [-0.4, -0.2) is 24.8 Å². The van der Waals surface area contributed by atoms with Crippen LogP contribution in [0.5, 0.6) is 0 Å². The molecular weight excluding hydrogens is 102 g/mol. The largest absolute Gasteiger partial charge is 0.396 e. The molecule has 2 N–H and O–H groups in total. The molecule has 2 nitrogen and oxygen atoms in total. The van der Waals surface area contributed by atoms with Crippen LogP contribution in [0.2, 0.25) is 0 Å². The zero-order valence-corrected chi connectivity index (χ0v) is 4.80. The van der Waals surface area contributed by atoms with Crippen LogP contribution < -0.4 is 5.32 Å². The summed E-state index contributed by atoms with van der Waals surface area (Å²) in [5, 5.41) is 11.7. The zero-order chi connectivity index (χ0) is 5.98. The van der Waals surface area contributed by atoms with Crippen LogP contribution in [0, 0.1) is 18.8 Å². The summed E-state index contributed by atoms with van der Waals surface area (Å²) in [5.74, 6) is 0.454. The molecule has 1 saturated heterocycles. The van der Waals surface area contributed by atoms with Gasteiger partial charge in [-0.05, 0) is 25.3 Å². The fraction of sp³-hybridized carbons (Fsp3) is 0.833. The van der Waals surface area contributed by atoms with Crippen molar-refractivity contribution in [3.8, 4) is 0 Å². The van der Waals surface area contributed by atoms with Crippen LogP contribution in [0.1, 0.15) is 0 Å². The Labute approximate surface area is 49.9 Å². The summed E-state index contributed by atoms with van der Waals surface area (Å²) in [6, 6.07) is 0. The first-order chi connectivity index (χ1) is 3.84. The van der Waals surface area contributed by atoms with Gasteiger partial charge < -0.3 is 10.4 Å². The topological polar surface area (TPSA) is 32.3 Å². The Morgan fingerprint density at radius 2 is 2.38 bits per heavy atom. The number of aliphatic hydroxyl groups is 1. The molecule has 2 radical (unpaired) electrons. The first kappa shape index (κ1) is 6.05. The normalized spacial score (nSPS) is 38.2. The summed E-state index contributed by atoms with van der Waals surface area (Å²) in [6.07, 6.45) is 0. The highest BCUT2D eigenvalue weighted by molar-refractivity contribution is 4.81. The standard InChI is InChI=1S/C6H11NO/c1-5-2-7-3-6(5)4-8/h1,5-8H,2-4H2. The number of hydrogen-bond acceptors (Lipinski definition) is 2. The molecule has 0 saturated carbocycles. The summed E-state index contributed by atoms with van der Waals surface area (Å²) in [7, 11) is 0. The Morgan fingerprint density at radius 3 is 2.62 bits per heavy atom. The lowest BCUT2D eigenvalue weighted by molar-refractivity contribution is 0.219. The lowest BCUT2D eigenvalue weighted by Gasteiger charge is -2.07. The average Bonchev–Trinajstić information content (AvgIpc) is 2.14. The molecule has 1 rings (SSSR count). The smallest absolute Gasteiger partial charge is 0.0474 e. The highest BCUT2D eigenvalue weighted by atomic mass is 16.3. The van der Waals surface area contributed by atoms with E-state index in [0.717, 1.165) is 13.1 Å². The van der Waals surface area contributed by atoms with Gasteiger partial charge in [0.1, 0.15) is 0 Å². The van der Waals surface area contributed by atoms with Crippen molar-refractivity contribution in [2.24, 2.45) is 11.8 Å². The molecule has 0 aromatic rings. The third kappa shape index (κ3) is 1.01. The molecular formula is C6H11NO. The van der Waals surface area contributed by atoms with Crippen molar-refractivity contribution in [1.29, 1.82) is 0 Å². The zero-order valence-electron chi connectivity index (χ0n) is 4.80. The fourth-order valence-electron chi connectivity index (χ4n) is 0.953. The van der Waals surface area contributed by atoms with E-state index in [1.165, 1.54) is 0 Å². The Kier molecular flexibility index (Phi) is 1.86. The van der Waals surface area contributed by atoms with Gasteiger partial charge in [-0.25, -0.2) is 0 Å². The molecule has 0 aliphatic carbocycles. The van der Waals surface area contributed by atoms with Gasteiger partial charge in [-0.1, -0.05) is 0 Å². The van der Waals surface area contributed by atoms with E-state index in [-0.39, 0.29) is 18.4 Å². The van der Waals surface area contributed by atoms with Gasteiger partial charge in [-0.2, -0.15) is 0 Å². The van der Waals surface area contributed by atoms with E-state index >= 15 is 0 Å². The van der Waals surface area contributed by atoms with Crippen molar-refractivity contribution in [1.82, 2.24) is 5.32 Å². The molecule has 0 spiro atoms. The van der Waals surface area contributed by atoms with Crippen LogP contribution in [0.4, 0.5) is 0 Å². The van der Waals surface area contributed by atoms with E-state index in [0.29, 0.717) is 0 Å². The molecule has 0 amide bonds. The molecule has 1 fully saturated rings. The maximum Gasteiger partial charge on any atom is 0.0474 e. The minimum absolute atomic E-state index is 0.167. The van der Waals surface area contributed by atoms with Crippen LogP contribution >= 0.6 is 0 Å². The van der Waals surface area contributed by atoms with E-state index < -0.39 is 0 Å². The molecule has 1 heterocycles. The summed E-state index contributed by atoms with van der Waals surface area (Å²) in [4.78, 5) is 0. The van der Waals surface area contributed by atoms with Gasteiger partial charge in [-0.15, -0.1) is 0 Å². The van der Waals surface area contributed by atoms with Crippen molar-refractivity contribution in [3.05, 3.63) is 6.92 Å². The molecule has 0 aromatic heterocycles. The van der Waals surface area contributed by atoms with E-state index in [4.69, 9.17) is 12.0 Å². The Balaban J connectivity index is 2.30. The Morgan fingerprint density at radius 1 is 1.62 bits per heavy atom. The Hall–Kier alpha value is -0.0800. The summed E-state index contributed by atoms with van der Waals surface area (Å²) >= 11 is 0. The molecule has 2 unspecified atom stereocenters. The van der Waals surface area contributed by atoms with Gasteiger partial charge in [0.25, 0.3) is 0 Å². The van der Waals surface area contributed by atoms with E-state index in [9.17, 15) is 0 Å². The van der Waals surface area contributed by atoms with Crippen LogP contribution in [0.15, 0.2) is 0 Å². The van der Waals surface area contributed by atoms with Crippen LogP contribution in [0.3, 0.4) is 0 Å². The van der Waals surface area contributed by atoms with Crippen molar-refractivity contribution in [2.45, 2.75) is 0 Å². The number of hydrogen-bond donors (Lipinski definition) is 2. The minimum Gasteiger partial charge on any atom is -0.396 e. The molecule has 1 aliphatic rings. The molecule has 2 heteroatoms. The first-order valence-corrected chi connectivity index (χ1v) is 2.91. The highest BCUT2D eigenvalue weighted by Crippen LogP contribution is 2.13. The molecule has 0 aromatic carbocycles. The molecule has 2 atom stereocenters. The third-order valence-corrected chi connectivity index (χ3v) is 1.63. The average molecular weight is 113 g/mol. The van der Waals surface area contributed by atoms with Gasteiger partial charge in [0, 0.05) is 13.2 Å². The van der Waals surface area contributed by atoms with Gasteiger partial charge in [0.05, 0.1) is 0 Å². The maximum atomic E-state index is 8.62. The van der Waals surface area contributed by atoms with Gasteiger partial charge in [-0.3, -0.25) is 0 Å². The lowest BCUT2D eigenvalue weighted by Crippen LogP contribution is -2.13. The third-order valence-electron chi connectivity index (χ3n) is 1.63. The van der Waals surface area contributed by atoms with E-state index in [1.54, 1.807) is 0 Å². The van der Waals surface area contributed by atoms with E-state index in [1.807, 2.05) is 0 Å².